The summed E-state index contributed by atoms with van der Waals surface area (Å²) in [5.41, 5.74) is 0.829. The molecule has 0 aromatic carbocycles. The number of ether oxygens (including phenoxy) is 1. The lowest BCUT2D eigenvalue weighted by atomic mass is 10.4. The van der Waals surface area contributed by atoms with Crippen LogP contribution in [0.15, 0.2) is 12.3 Å². The van der Waals surface area contributed by atoms with Crippen LogP contribution in [0.4, 0.5) is 0 Å². The van der Waals surface area contributed by atoms with Gasteiger partial charge in [0, 0.05) is 13.3 Å². The number of rotatable bonds is 3. The van der Waals surface area contributed by atoms with Gasteiger partial charge in [-0.2, -0.15) is 4.37 Å². The third kappa shape index (κ3) is 2.34. The third-order valence-electron chi connectivity index (χ3n) is 1.73. The van der Waals surface area contributed by atoms with Crippen LogP contribution in [-0.2, 0) is 11.3 Å². The van der Waals surface area contributed by atoms with Gasteiger partial charge in [0.25, 0.3) is 0 Å². The Bertz CT molecular complexity index is 457. The van der Waals surface area contributed by atoms with E-state index in [0.29, 0.717) is 18.3 Å². The monoisotopic (exact) mass is 222 g/mol. The number of methoxy groups -OCH3 is 1. The van der Waals surface area contributed by atoms with Crippen molar-refractivity contribution in [1.82, 2.24) is 19.3 Å². The first-order valence-electron chi connectivity index (χ1n) is 4.41. The average molecular weight is 222 g/mol. The first-order chi connectivity index (χ1) is 7.29. The van der Waals surface area contributed by atoms with E-state index in [1.54, 1.807) is 13.3 Å². The Morgan fingerprint density at radius 2 is 2.20 bits per heavy atom. The maximum atomic E-state index is 5.00. The van der Waals surface area contributed by atoms with Gasteiger partial charge < -0.3 is 4.74 Å². The van der Waals surface area contributed by atoms with Crippen molar-refractivity contribution in [2.75, 3.05) is 7.11 Å². The molecule has 0 aliphatic carbocycles. The molecule has 15 heavy (non-hydrogen) atoms. The number of hydrogen-bond acceptors (Lipinski definition) is 6. The lowest BCUT2D eigenvalue weighted by Gasteiger charge is -1.99. The van der Waals surface area contributed by atoms with E-state index in [0.717, 1.165) is 10.7 Å². The van der Waals surface area contributed by atoms with Gasteiger partial charge in [-0.1, -0.05) is 0 Å². The molecule has 5 nitrogen and oxygen atoms in total. The molecule has 2 aromatic heterocycles. The van der Waals surface area contributed by atoms with E-state index in [2.05, 4.69) is 19.3 Å². The molecule has 2 aromatic rings. The fourth-order valence-electron chi connectivity index (χ4n) is 1.12. The summed E-state index contributed by atoms with van der Waals surface area (Å²) in [4.78, 5) is 12.6. The number of hydrogen-bond donors (Lipinski definition) is 0. The van der Waals surface area contributed by atoms with Gasteiger partial charge in [0.1, 0.15) is 5.01 Å². The van der Waals surface area contributed by atoms with Crippen molar-refractivity contribution < 1.29 is 4.74 Å². The second-order valence-electron chi connectivity index (χ2n) is 2.94. The van der Waals surface area contributed by atoms with Crippen LogP contribution in [0, 0.1) is 6.92 Å². The highest BCUT2D eigenvalue weighted by Crippen LogP contribution is 2.13. The molecule has 0 saturated carbocycles. The maximum Gasteiger partial charge on any atom is 0.210 e. The highest BCUT2D eigenvalue weighted by atomic mass is 32.1. The predicted octanol–water partition coefficient (Wildman–Crippen LogP) is 1.45. The van der Waals surface area contributed by atoms with Gasteiger partial charge >= 0.3 is 0 Å². The molecule has 2 rings (SSSR count). The zero-order valence-electron chi connectivity index (χ0n) is 8.47. The molecular weight excluding hydrogens is 212 g/mol. The van der Waals surface area contributed by atoms with Gasteiger partial charge in [-0.05, 0) is 24.5 Å². The van der Waals surface area contributed by atoms with Crippen LogP contribution in [0.2, 0.25) is 0 Å². The lowest BCUT2D eigenvalue weighted by molar-refractivity contribution is 0.181. The summed E-state index contributed by atoms with van der Waals surface area (Å²) < 4.78 is 9.15. The Balaban J connectivity index is 2.32. The molecule has 2 heterocycles. The molecule has 0 radical (unpaired) electrons. The normalized spacial score (nSPS) is 10.5. The summed E-state index contributed by atoms with van der Waals surface area (Å²) in [6.07, 6.45) is 1.69. The second kappa shape index (κ2) is 4.41. The van der Waals surface area contributed by atoms with E-state index >= 15 is 0 Å². The van der Waals surface area contributed by atoms with Crippen molar-refractivity contribution in [2.24, 2.45) is 0 Å². The Hall–Kier alpha value is -1.40. The zero-order chi connectivity index (χ0) is 10.7. The number of nitrogens with zero attached hydrogens (tertiary/aromatic N) is 4. The SMILES string of the molecule is COCc1ccnc(-c2nsc(C)n2)n1. The Morgan fingerprint density at radius 1 is 1.33 bits per heavy atom. The smallest absolute Gasteiger partial charge is 0.210 e. The van der Waals surface area contributed by atoms with Crippen molar-refractivity contribution in [3.8, 4) is 11.6 Å². The summed E-state index contributed by atoms with van der Waals surface area (Å²) in [6.45, 7) is 2.37. The fraction of sp³-hybridized carbons (Fsp3) is 0.333. The summed E-state index contributed by atoms with van der Waals surface area (Å²) in [5, 5.41) is 0.908. The quantitative estimate of drug-likeness (QED) is 0.786. The minimum Gasteiger partial charge on any atom is -0.378 e. The third-order valence-corrected chi connectivity index (χ3v) is 2.35. The van der Waals surface area contributed by atoms with Crippen LogP contribution in [0.3, 0.4) is 0 Å². The van der Waals surface area contributed by atoms with Crippen LogP contribution >= 0.6 is 11.5 Å². The fourth-order valence-corrected chi connectivity index (χ4v) is 1.59. The maximum absolute atomic E-state index is 5.00. The Morgan fingerprint density at radius 3 is 2.87 bits per heavy atom. The summed E-state index contributed by atoms with van der Waals surface area (Å²) >= 11 is 1.35. The summed E-state index contributed by atoms with van der Waals surface area (Å²) in [5.74, 6) is 1.13. The number of aryl methyl sites for hydroxylation is 1. The molecule has 0 saturated heterocycles. The summed E-state index contributed by atoms with van der Waals surface area (Å²) in [7, 11) is 1.63. The zero-order valence-corrected chi connectivity index (χ0v) is 9.28. The molecule has 0 amide bonds. The molecule has 6 heteroatoms. The average Bonchev–Trinajstić information content (AvgIpc) is 2.66. The van der Waals surface area contributed by atoms with Crippen LogP contribution < -0.4 is 0 Å². The van der Waals surface area contributed by atoms with E-state index in [-0.39, 0.29) is 0 Å². The first kappa shape index (κ1) is 10.1. The number of aromatic nitrogens is 4. The molecule has 0 atom stereocenters. The van der Waals surface area contributed by atoms with Crippen LogP contribution in [0.5, 0.6) is 0 Å². The van der Waals surface area contributed by atoms with Crippen molar-refractivity contribution in [2.45, 2.75) is 13.5 Å². The topological polar surface area (TPSA) is 60.8 Å². The molecule has 0 aliphatic rings. The van der Waals surface area contributed by atoms with Gasteiger partial charge in [-0.25, -0.2) is 15.0 Å². The predicted molar refractivity (Wildman–Crippen MR) is 56.4 cm³/mol. The van der Waals surface area contributed by atoms with Gasteiger partial charge in [0.15, 0.2) is 5.82 Å². The molecule has 0 bridgehead atoms. The van der Waals surface area contributed by atoms with E-state index in [1.807, 2.05) is 13.0 Å². The molecule has 0 unspecified atom stereocenters. The molecular formula is C9H10N4OS. The molecule has 0 aliphatic heterocycles. The van der Waals surface area contributed by atoms with E-state index in [1.165, 1.54) is 11.5 Å². The van der Waals surface area contributed by atoms with Crippen LogP contribution in [0.1, 0.15) is 10.7 Å². The first-order valence-corrected chi connectivity index (χ1v) is 5.18. The minimum absolute atomic E-state index is 0.471. The molecule has 0 N–H and O–H groups in total. The van der Waals surface area contributed by atoms with Gasteiger partial charge in [0.05, 0.1) is 12.3 Å². The minimum atomic E-state index is 0.471. The van der Waals surface area contributed by atoms with Crippen molar-refractivity contribution in [3.05, 3.63) is 23.0 Å². The standard InChI is InChI=1S/C9H10N4OS/c1-6-11-9(13-15-6)8-10-4-3-7(12-8)5-14-2/h3-4H,5H2,1-2H3. The highest BCUT2D eigenvalue weighted by molar-refractivity contribution is 7.05. The molecule has 78 valence electrons. The summed E-state index contributed by atoms with van der Waals surface area (Å²) in [6, 6.07) is 1.81. The van der Waals surface area contributed by atoms with E-state index < -0.39 is 0 Å². The van der Waals surface area contributed by atoms with Crippen LogP contribution in [-0.4, -0.2) is 26.4 Å². The van der Waals surface area contributed by atoms with Gasteiger partial charge in [-0.15, -0.1) is 0 Å². The second-order valence-corrected chi connectivity index (χ2v) is 3.90. The van der Waals surface area contributed by atoms with E-state index in [4.69, 9.17) is 4.74 Å². The van der Waals surface area contributed by atoms with Crippen molar-refractivity contribution in [3.63, 3.8) is 0 Å². The Kier molecular flexibility index (Phi) is 2.98. The Labute approximate surface area is 91.4 Å². The van der Waals surface area contributed by atoms with E-state index in [9.17, 15) is 0 Å². The molecule has 0 spiro atoms. The van der Waals surface area contributed by atoms with Crippen molar-refractivity contribution >= 4 is 11.5 Å². The van der Waals surface area contributed by atoms with Crippen LogP contribution in [0.25, 0.3) is 11.6 Å². The largest absolute Gasteiger partial charge is 0.378 e. The van der Waals surface area contributed by atoms with Crippen molar-refractivity contribution in [1.29, 1.82) is 0 Å². The lowest BCUT2D eigenvalue weighted by Crippen LogP contribution is -1.97. The molecule has 0 fully saturated rings. The highest BCUT2D eigenvalue weighted by Gasteiger charge is 2.07. The van der Waals surface area contributed by atoms with Gasteiger partial charge in [0.2, 0.25) is 5.82 Å². The van der Waals surface area contributed by atoms with Gasteiger partial charge in [-0.3, -0.25) is 0 Å².